The molecule has 0 saturated carbocycles. The third-order valence-corrected chi connectivity index (χ3v) is 4.37. The number of carbonyl (C=O) groups excluding carboxylic acids is 2. The molecule has 0 aromatic heterocycles. The molecule has 2 aliphatic carbocycles. The lowest BCUT2D eigenvalue weighted by Crippen LogP contribution is -2.24. The largest absolute Gasteiger partial charge is 0.492 e. The molecule has 3 N–H and O–H groups in total. The number of rotatable bonds is 2. The predicted octanol–water partition coefficient (Wildman–Crippen LogP) is 0.429. The number of ether oxygens (including phenoxy) is 1. The van der Waals surface area contributed by atoms with Crippen molar-refractivity contribution in [3.63, 3.8) is 0 Å². The molecule has 2 unspecified atom stereocenters. The van der Waals surface area contributed by atoms with Crippen molar-refractivity contribution in [3.05, 3.63) is 45.2 Å². The maximum Gasteiger partial charge on any atom is 0.228 e. The third kappa shape index (κ3) is 1.78. The summed E-state index contributed by atoms with van der Waals surface area (Å²) in [5.41, 5.74) is 1.68. The van der Waals surface area contributed by atoms with Crippen LogP contribution in [0, 0.1) is 0 Å². The van der Waals surface area contributed by atoms with Crippen molar-refractivity contribution in [1.29, 1.82) is 0 Å². The van der Waals surface area contributed by atoms with Gasteiger partial charge in [-0.05, 0) is 29.7 Å². The molecule has 0 heterocycles. The fourth-order valence-corrected chi connectivity index (χ4v) is 3.31. The highest BCUT2D eigenvalue weighted by Gasteiger charge is 2.40. The average molecular weight is 304 g/mol. The zero-order chi connectivity index (χ0) is 16.2. The van der Waals surface area contributed by atoms with Crippen molar-refractivity contribution < 1.29 is 29.6 Å². The van der Waals surface area contributed by atoms with E-state index in [0.717, 1.165) is 0 Å². The Balaban J connectivity index is 2.33. The SMILES string of the molecule is COC1=C(C)C(=O)c2c(cc(CO)c3c2CC(O)C3O)C1=O. The van der Waals surface area contributed by atoms with Gasteiger partial charge in [0, 0.05) is 23.1 Å². The van der Waals surface area contributed by atoms with Crippen molar-refractivity contribution in [2.45, 2.75) is 32.2 Å². The van der Waals surface area contributed by atoms with Gasteiger partial charge in [-0.2, -0.15) is 0 Å². The Morgan fingerprint density at radius 3 is 2.55 bits per heavy atom. The summed E-state index contributed by atoms with van der Waals surface area (Å²) in [5, 5.41) is 29.5. The number of hydrogen-bond acceptors (Lipinski definition) is 6. The van der Waals surface area contributed by atoms with E-state index in [4.69, 9.17) is 4.74 Å². The minimum Gasteiger partial charge on any atom is -0.492 e. The van der Waals surface area contributed by atoms with Gasteiger partial charge in [0.25, 0.3) is 0 Å². The standard InChI is InChI=1S/C16H16O6/c1-6-13(19)12-8-4-10(18)15(21)11(8)7(5-17)3-9(12)14(20)16(6)22-2/h3,10,15,17-18,21H,4-5H2,1-2H3. The van der Waals surface area contributed by atoms with Gasteiger partial charge in [-0.3, -0.25) is 9.59 Å². The van der Waals surface area contributed by atoms with E-state index in [-0.39, 0.29) is 34.7 Å². The molecule has 1 aromatic rings. The highest BCUT2D eigenvalue weighted by Crippen LogP contribution is 2.41. The molecular weight excluding hydrogens is 288 g/mol. The first-order valence-corrected chi connectivity index (χ1v) is 6.92. The van der Waals surface area contributed by atoms with E-state index in [0.29, 0.717) is 16.7 Å². The van der Waals surface area contributed by atoms with Crippen LogP contribution in [0.2, 0.25) is 0 Å². The Labute approximate surface area is 126 Å². The quantitative estimate of drug-likeness (QED) is 0.732. The molecule has 0 saturated heterocycles. The summed E-state index contributed by atoms with van der Waals surface area (Å²) in [4.78, 5) is 25.1. The summed E-state index contributed by atoms with van der Waals surface area (Å²) in [7, 11) is 1.32. The van der Waals surface area contributed by atoms with Gasteiger partial charge in [0.2, 0.25) is 5.78 Å². The molecule has 1 aromatic carbocycles. The second kappa shape index (κ2) is 5.01. The first-order valence-electron chi connectivity index (χ1n) is 6.92. The molecule has 116 valence electrons. The second-order valence-electron chi connectivity index (χ2n) is 5.54. The maximum atomic E-state index is 12.6. The van der Waals surface area contributed by atoms with Crippen LogP contribution in [0.1, 0.15) is 50.4 Å². The van der Waals surface area contributed by atoms with Gasteiger partial charge in [-0.1, -0.05) is 0 Å². The van der Waals surface area contributed by atoms with Crippen LogP contribution in [0.25, 0.3) is 0 Å². The number of aliphatic hydroxyl groups excluding tert-OH is 3. The van der Waals surface area contributed by atoms with Crippen LogP contribution in [-0.4, -0.2) is 40.1 Å². The van der Waals surface area contributed by atoms with Gasteiger partial charge in [0.05, 0.1) is 19.8 Å². The first-order chi connectivity index (χ1) is 10.4. The number of hydrogen-bond donors (Lipinski definition) is 3. The monoisotopic (exact) mass is 304 g/mol. The number of methoxy groups -OCH3 is 1. The molecule has 22 heavy (non-hydrogen) atoms. The number of aliphatic hydroxyl groups is 3. The van der Waals surface area contributed by atoms with Gasteiger partial charge < -0.3 is 20.1 Å². The number of carbonyl (C=O) groups is 2. The van der Waals surface area contributed by atoms with E-state index < -0.39 is 24.6 Å². The maximum absolute atomic E-state index is 12.6. The molecule has 0 fully saturated rings. The molecule has 6 heteroatoms. The summed E-state index contributed by atoms with van der Waals surface area (Å²) in [6, 6.07) is 1.40. The van der Waals surface area contributed by atoms with Gasteiger partial charge in [-0.25, -0.2) is 0 Å². The number of fused-ring (bicyclic) bond motifs is 3. The Hall–Kier alpha value is -2.02. The molecule has 6 nitrogen and oxygen atoms in total. The van der Waals surface area contributed by atoms with E-state index in [9.17, 15) is 24.9 Å². The lowest BCUT2D eigenvalue weighted by Gasteiger charge is -2.22. The topological polar surface area (TPSA) is 104 Å². The Bertz CT molecular complexity index is 731. The van der Waals surface area contributed by atoms with Gasteiger partial charge in [-0.15, -0.1) is 0 Å². The van der Waals surface area contributed by atoms with Gasteiger partial charge in [0.15, 0.2) is 11.5 Å². The molecule has 3 rings (SSSR count). The summed E-state index contributed by atoms with van der Waals surface area (Å²) in [6.45, 7) is 1.11. The van der Waals surface area contributed by atoms with Crippen LogP contribution in [0.15, 0.2) is 17.4 Å². The van der Waals surface area contributed by atoms with Crippen LogP contribution in [-0.2, 0) is 17.8 Å². The van der Waals surface area contributed by atoms with E-state index in [1.165, 1.54) is 20.1 Å². The molecule has 0 bridgehead atoms. The van der Waals surface area contributed by atoms with Crippen molar-refractivity contribution in [2.24, 2.45) is 0 Å². The van der Waals surface area contributed by atoms with Gasteiger partial charge in [0.1, 0.15) is 6.10 Å². The smallest absolute Gasteiger partial charge is 0.228 e. The first kappa shape index (κ1) is 14.9. The van der Waals surface area contributed by atoms with E-state index in [1.54, 1.807) is 0 Å². The van der Waals surface area contributed by atoms with Crippen LogP contribution in [0.4, 0.5) is 0 Å². The zero-order valence-corrected chi connectivity index (χ0v) is 12.2. The van der Waals surface area contributed by atoms with Crippen molar-refractivity contribution >= 4 is 11.6 Å². The molecule has 2 aliphatic rings. The summed E-state index contributed by atoms with van der Waals surface area (Å²) in [6.07, 6.45) is -2.15. The van der Waals surface area contributed by atoms with Crippen molar-refractivity contribution in [2.75, 3.05) is 7.11 Å². The number of benzene rings is 1. The van der Waals surface area contributed by atoms with Gasteiger partial charge >= 0.3 is 0 Å². The lowest BCUT2D eigenvalue weighted by atomic mass is 9.82. The predicted molar refractivity (Wildman–Crippen MR) is 75.4 cm³/mol. The molecule has 0 aliphatic heterocycles. The number of Topliss-reactive ketones (excluding diaryl/α,β-unsaturated/α-hetero) is 2. The van der Waals surface area contributed by atoms with Crippen molar-refractivity contribution in [1.82, 2.24) is 0 Å². The Morgan fingerprint density at radius 2 is 1.95 bits per heavy atom. The molecule has 2 atom stereocenters. The Morgan fingerprint density at radius 1 is 1.27 bits per heavy atom. The number of allylic oxidation sites excluding steroid dienone is 2. The lowest BCUT2D eigenvalue weighted by molar-refractivity contribution is 0.0317. The molecular formula is C16H16O6. The summed E-state index contributed by atoms with van der Waals surface area (Å²) < 4.78 is 5.03. The third-order valence-electron chi connectivity index (χ3n) is 4.37. The zero-order valence-electron chi connectivity index (χ0n) is 12.2. The Kier molecular flexibility index (Phi) is 3.40. The summed E-state index contributed by atoms with van der Waals surface area (Å²) in [5.74, 6) is -0.795. The van der Waals surface area contributed by atoms with Crippen LogP contribution < -0.4 is 0 Å². The highest BCUT2D eigenvalue weighted by atomic mass is 16.5. The fourth-order valence-electron chi connectivity index (χ4n) is 3.31. The van der Waals surface area contributed by atoms with Crippen molar-refractivity contribution in [3.8, 4) is 0 Å². The minimum atomic E-state index is -1.17. The average Bonchev–Trinajstić information content (AvgIpc) is 2.80. The molecule has 0 radical (unpaired) electrons. The molecule has 0 amide bonds. The summed E-state index contributed by atoms with van der Waals surface area (Å²) >= 11 is 0. The van der Waals surface area contributed by atoms with E-state index in [2.05, 4.69) is 0 Å². The highest BCUT2D eigenvalue weighted by molar-refractivity contribution is 6.26. The van der Waals surface area contributed by atoms with Crippen LogP contribution >= 0.6 is 0 Å². The second-order valence-corrected chi connectivity index (χ2v) is 5.54. The number of ketones is 2. The minimum absolute atomic E-state index is 0.0135. The molecule has 0 spiro atoms. The van der Waals surface area contributed by atoms with E-state index >= 15 is 0 Å². The van der Waals surface area contributed by atoms with Crippen LogP contribution in [0.3, 0.4) is 0 Å². The normalized spacial score (nSPS) is 23.7. The van der Waals surface area contributed by atoms with E-state index in [1.807, 2.05) is 0 Å². The fraction of sp³-hybridized carbons (Fsp3) is 0.375. The van der Waals surface area contributed by atoms with Crippen LogP contribution in [0.5, 0.6) is 0 Å².